The summed E-state index contributed by atoms with van der Waals surface area (Å²) in [6.07, 6.45) is -1.54. The lowest BCUT2D eigenvalue weighted by molar-refractivity contribution is -0.150. The number of cyclic esters (lactones) is 1. The van der Waals surface area contributed by atoms with Crippen molar-refractivity contribution in [3.8, 4) is 0 Å². The SMILES string of the molecule is COC[C@H]1OC(=O)c2coc3c2[C@@]1(C)C1=C(C3=O)[C@@H]2C[C@@H](O)C(=O)[C@@]2(C)C[C@H]1OC(C)=O. The van der Waals surface area contributed by atoms with Crippen LogP contribution in [-0.4, -0.2) is 60.6 Å². The maximum Gasteiger partial charge on any atom is 0.342 e. The lowest BCUT2D eigenvalue weighted by atomic mass is 9.54. The average Bonchev–Trinajstić information content (AvgIpc) is 3.26. The molecule has 1 aromatic heterocycles. The lowest BCUT2D eigenvalue weighted by Gasteiger charge is -2.51. The van der Waals surface area contributed by atoms with E-state index < -0.39 is 52.8 Å². The van der Waals surface area contributed by atoms with E-state index in [1.807, 2.05) is 6.92 Å². The highest BCUT2D eigenvalue weighted by Crippen LogP contribution is 2.61. The Morgan fingerprint density at radius 2 is 2.00 bits per heavy atom. The molecule has 170 valence electrons. The van der Waals surface area contributed by atoms with Gasteiger partial charge in [0.15, 0.2) is 11.5 Å². The number of carbonyl (C=O) groups excluding carboxylic acids is 4. The van der Waals surface area contributed by atoms with Gasteiger partial charge in [-0.05, 0) is 18.9 Å². The normalized spacial score (nSPS) is 37.6. The predicted molar refractivity (Wildman–Crippen MR) is 106 cm³/mol. The number of aliphatic hydroxyl groups is 1. The summed E-state index contributed by atoms with van der Waals surface area (Å²) >= 11 is 0. The first-order valence-corrected chi connectivity index (χ1v) is 10.6. The minimum absolute atomic E-state index is 0.0127. The summed E-state index contributed by atoms with van der Waals surface area (Å²) in [4.78, 5) is 51.3. The molecule has 6 atom stereocenters. The first kappa shape index (κ1) is 21.1. The number of rotatable bonds is 3. The van der Waals surface area contributed by atoms with Crippen LogP contribution in [0.15, 0.2) is 21.8 Å². The van der Waals surface area contributed by atoms with Gasteiger partial charge in [0, 0.05) is 42.9 Å². The van der Waals surface area contributed by atoms with Crippen molar-refractivity contribution in [3.63, 3.8) is 0 Å². The van der Waals surface area contributed by atoms with E-state index in [1.54, 1.807) is 6.92 Å². The number of furan rings is 1. The van der Waals surface area contributed by atoms with Crippen molar-refractivity contribution >= 4 is 23.5 Å². The van der Waals surface area contributed by atoms with Crippen LogP contribution in [0.5, 0.6) is 0 Å². The predicted octanol–water partition coefficient (Wildman–Crippen LogP) is 1.51. The van der Waals surface area contributed by atoms with Crippen molar-refractivity contribution in [3.05, 3.63) is 34.3 Å². The second-order valence-electron chi connectivity index (χ2n) is 9.45. The Hall–Kier alpha value is -2.78. The Bertz CT molecular complexity index is 1110. The van der Waals surface area contributed by atoms with Gasteiger partial charge in [-0.1, -0.05) is 6.92 Å². The Kier molecular flexibility index (Phi) is 4.36. The number of ketones is 2. The van der Waals surface area contributed by atoms with Crippen LogP contribution in [0.1, 0.15) is 60.1 Å². The monoisotopic (exact) mass is 444 g/mol. The number of hydrogen-bond acceptors (Lipinski definition) is 9. The Morgan fingerprint density at radius 1 is 1.28 bits per heavy atom. The summed E-state index contributed by atoms with van der Waals surface area (Å²) in [7, 11) is 1.47. The highest BCUT2D eigenvalue weighted by Gasteiger charge is 2.65. The van der Waals surface area contributed by atoms with Crippen molar-refractivity contribution in [1.29, 1.82) is 0 Å². The van der Waals surface area contributed by atoms with Gasteiger partial charge < -0.3 is 23.7 Å². The first-order valence-electron chi connectivity index (χ1n) is 10.6. The Balaban J connectivity index is 1.82. The molecule has 0 radical (unpaired) electrons. The molecule has 32 heavy (non-hydrogen) atoms. The van der Waals surface area contributed by atoms with Gasteiger partial charge in [0.2, 0.25) is 5.78 Å². The molecule has 0 bridgehead atoms. The molecule has 3 aliphatic carbocycles. The van der Waals surface area contributed by atoms with Gasteiger partial charge in [-0.15, -0.1) is 0 Å². The summed E-state index contributed by atoms with van der Waals surface area (Å²) < 4.78 is 22.3. The van der Waals surface area contributed by atoms with Crippen molar-refractivity contribution < 1.29 is 42.9 Å². The first-order chi connectivity index (χ1) is 15.1. The van der Waals surface area contributed by atoms with Crippen molar-refractivity contribution in [1.82, 2.24) is 0 Å². The lowest BCUT2D eigenvalue weighted by Crippen LogP contribution is -2.57. The molecule has 1 N–H and O–H groups in total. The fourth-order valence-electron chi connectivity index (χ4n) is 6.31. The van der Waals surface area contributed by atoms with Crippen LogP contribution in [-0.2, 0) is 29.2 Å². The van der Waals surface area contributed by atoms with E-state index in [-0.39, 0.29) is 36.6 Å². The van der Waals surface area contributed by atoms with Gasteiger partial charge >= 0.3 is 11.9 Å². The molecular weight excluding hydrogens is 420 g/mol. The van der Waals surface area contributed by atoms with Crippen molar-refractivity contribution in [2.75, 3.05) is 13.7 Å². The minimum Gasteiger partial charge on any atom is -0.460 e. The number of fused-ring (bicyclic) bond motifs is 3. The summed E-state index contributed by atoms with van der Waals surface area (Å²) in [6.45, 7) is 4.81. The van der Waals surface area contributed by atoms with Crippen LogP contribution in [0, 0.1) is 11.3 Å². The van der Waals surface area contributed by atoms with Gasteiger partial charge in [-0.25, -0.2) is 4.79 Å². The number of ether oxygens (including phenoxy) is 3. The number of hydrogen-bond donors (Lipinski definition) is 1. The third kappa shape index (κ3) is 2.40. The van der Waals surface area contributed by atoms with E-state index in [1.165, 1.54) is 20.3 Å². The van der Waals surface area contributed by atoms with E-state index in [0.29, 0.717) is 16.7 Å². The second-order valence-corrected chi connectivity index (χ2v) is 9.45. The third-order valence-corrected chi connectivity index (χ3v) is 7.72. The van der Waals surface area contributed by atoms with Gasteiger partial charge in [0.05, 0.1) is 12.0 Å². The summed E-state index contributed by atoms with van der Waals surface area (Å²) in [6, 6.07) is 0. The number of aliphatic hydroxyl groups excluding tert-OH is 1. The third-order valence-electron chi connectivity index (χ3n) is 7.72. The van der Waals surface area contributed by atoms with Crippen LogP contribution in [0.25, 0.3) is 0 Å². The Labute approximate surface area is 183 Å². The van der Waals surface area contributed by atoms with E-state index in [4.69, 9.17) is 18.6 Å². The average molecular weight is 444 g/mol. The van der Waals surface area contributed by atoms with E-state index in [0.717, 1.165) is 0 Å². The van der Waals surface area contributed by atoms with Crippen molar-refractivity contribution in [2.24, 2.45) is 11.3 Å². The van der Waals surface area contributed by atoms with E-state index >= 15 is 0 Å². The molecule has 1 aliphatic heterocycles. The zero-order chi connectivity index (χ0) is 23.2. The highest BCUT2D eigenvalue weighted by molar-refractivity contribution is 6.14. The van der Waals surface area contributed by atoms with Crippen LogP contribution < -0.4 is 0 Å². The molecule has 0 spiro atoms. The fourth-order valence-corrected chi connectivity index (χ4v) is 6.31. The van der Waals surface area contributed by atoms with Gasteiger partial charge in [-0.2, -0.15) is 0 Å². The molecule has 0 aromatic carbocycles. The number of allylic oxidation sites excluding steroid dienone is 1. The van der Waals surface area contributed by atoms with Crippen LogP contribution in [0.4, 0.5) is 0 Å². The zero-order valence-corrected chi connectivity index (χ0v) is 18.2. The standard InChI is InChI=1S/C23H24O9/c1-9(24)31-13-6-22(2)11(5-12(25)20(22)27)15-17(13)23(3)14(8-29-4)32-21(28)10-7-30-19(16(10)23)18(15)26/h7,11-14,25H,5-6,8H2,1-4H3/t11-,12+,13+,14+,22-,23-/m0/s1. The van der Waals surface area contributed by atoms with Gasteiger partial charge in [0.25, 0.3) is 0 Å². The maximum atomic E-state index is 13.7. The largest absolute Gasteiger partial charge is 0.460 e. The quantitative estimate of drug-likeness (QED) is 0.690. The topological polar surface area (TPSA) is 129 Å². The number of carbonyl (C=O) groups is 4. The molecule has 0 saturated heterocycles. The highest BCUT2D eigenvalue weighted by atomic mass is 16.6. The molecule has 2 heterocycles. The van der Waals surface area contributed by atoms with Gasteiger partial charge in [-0.3, -0.25) is 14.4 Å². The molecule has 0 amide bonds. The summed E-state index contributed by atoms with van der Waals surface area (Å²) in [5.41, 5.74) is -0.837. The number of methoxy groups -OCH3 is 1. The van der Waals surface area contributed by atoms with Crippen LogP contribution in [0.2, 0.25) is 0 Å². The molecule has 5 rings (SSSR count). The fraction of sp³-hybridized carbons (Fsp3) is 0.565. The van der Waals surface area contributed by atoms with Crippen LogP contribution >= 0.6 is 0 Å². The number of esters is 2. The van der Waals surface area contributed by atoms with Crippen molar-refractivity contribution in [2.45, 2.75) is 57.3 Å². The van der Waals surface area contributed by atoms with E-state index in [9.17, 15) is 24.3 Å². The maximum absolute atomic E-state index is 13.7. The Morgan fingerprint density at radius 3 is 2.66 bits per heavy atom. The summed E-state index contributed by atoms with van der Waals surface area (Å²) in [5, 5.41) is 10.4. The smallest absolute Gasteiger partial charge is 0.342 e. The molecular formula is C23H24O9. The molecule has 1 saturated carbocycles. The molecule has 4 aliphatic rings. The van der Waals surface area contributed by atoms with Gasteiger partial charge in [0.1, 0.15) is 30.1 Å². The molecule has 9 heteroatoms. The summed E-state index contributed by atoms with van der Waals surface area (Å²) in [5.74, 6) is -2.60. The number of Topliss-reactive ketones (excluding diaryl/α,β-unsaturated/α-hetero) is 2. The minimum atomic E-state index is -1.22. The molecule has 1 aromatic rings. The van der Waals surface area contributed by atoms with E-state index in [2.05, 4.69) is 0 Å². The van der Waals surface area contributed by atoms with Crippen LogP contribution in [0.3, 0.4) is 0 Å². The molecule has 1 fully saturated rings. The second kappa shape index (κ2) is 6.62. The molecule has 0 unspecified atom stereocenters. The zero-order valence-electron chi connectivity index (χ0n) is 18.2. The molecule has 9 nitrogen and oxygen atoms in total.